The minimum absolute atomic E-state index is 0.277. The first kappa shape index (κ1) is 20.5. The minimum Gasteiger partial charge on any atom is -0.444 e. The first-order valence-corrected chi connectivity index (χ1v) is 11.0. The van der Waals surface area contributed by atoms with Crippen molar-refractivity contribution in [2.45, 2.75) is 53.2 Å². The predicted octanol–water partition coefficient (Wildman–Crippen LogP) is 5.32. The number of hydrogen-bond acceptors (Lipinski definition) is 7. The number of hydrogen-bond donors (Lipinski definition) is 1. The molecule has 0 saturated carbocycles. The Bertz CT molecular complexity index is 955. The van der Waals surface area contributed by atoms with Gasteiger partial charge in [0.2, 0.25) is 0 Å². The van der Waals surface area contributed by atoms with Crippen molar-refractivity contribution < 1.29 is 9.53 Å². The molecule has 3 aromatic rings. The van der Waals surface area contributed by atoms with E-state index in [4.69, 9.17) is 15.5 Å². The van der Waals surface area contributed by atoms with Gasteiger partial charge in [-0.3, -0.25) is 0 Å². The van der Waals surface area contributed by atoms with Crippen LogP contribution in [-0.4, -0.2) is 33.1 Å². The summed E-state index contributed by atoms with van der Waals surface area (Å²) in [6.45, 7) is 10.8. The van der Waals surface area contributed by atoms with E-state index in [0.29, 0.717) is 13.1 Å². The zero-order valence-corrected chi connectivity index (χ0v) is 18.5. The van der Waals surface area contributed by atoms with E-state index in [9.17, 15) is 4.79 Å². The molecule has 3 aromatic heterocycles. The third-order valence-corrected chi connectivity index (χ3v) is 6.16. The Hall–Kier alpha value is -2.19. The largest absolute Gasteiger partial charge is 0.444 e. The highest BCUT2D eigenvalue weighted by Crippen LogP contribution is 2.43. The third-order valence-electron chi connectivity index (χ3n) is 4.12. The second kappa shape index (κ2) is 8.05. The van der Waals surface area contributed by atoms with Crippen molar-refractivity contribution in [2.24, 2.45) is 0 Å². The summed E-state index contributed by atoms with van der Waals surface area (Å²) in [4.78, 5) is 25.2. The lowest BCUT2D eigenvalue weighted by Gasteiger charge is -2.30. The number of thiazole rings is 1. The number of rotatable bonds is 1. The fraction of sp³-hybridized carbons (Fsp3) is 0.450. The lowest BCUT2D eigenvalue weighted by molar-refractivity contribution is 0.0227. The topological polar surface area (TPSA) is 81.3 Å². The molecule has 1 aliphatic heterocycles. The molecule has 0 spiro atoms. The van der Waals surface area contributed by atoms with E-state index in [1.54, 1.807) is 22.4 Å². The van der Waals surface area contributed by atoms with Gasteiger partial charge in [-0.05, 0) is 44.9 Å². The van der Waals surface area contributed by atoms with Crippen molar-refractivity contribution in [3.8, 4) is 10.6 Å². The summed E-state index contributed by atoms with van der Waals surface area (Å²) in [6, 6.07) is 3.85. The first-order valence-electron chi connectivity index (χ1n) is 9.42. The van der Waals surface area contributed by atoms with E-state index in [-0.39, 0.29) is 6.09 Å². The molecule has 0 unspecified atom stereocenters. The van der Waals surface area contributed by atoms with Crippen LogP contribution in [0.25, 0.3) is 20.9 Å². The van der Waals surface area contributed by atoms with Crippen LogP contribution in [0.4, 0.5) is 9.80 Å². The van der Waals surface area contributed by atoms with Gasteiger partial charge in [-0.15, -0.1) is 11.3 Å². The molecular weight excluding hydrogens is 392 g/mol. The van der Waals surface area contributed by atoms with Crippen LogP contribution < -0.4 is 5.73 Å². The Morgan fingerprint density at radius 2 is 2.04 bits per heavy atom. The van der Waals surface area contributed by atoms with Crippen LogP contribution in [0.5, 0.6) is 0 Å². The molecule has 2 N–H and O–H groups in total. The van der Waals surface area contributed by atoms with Gasteiger partial charge >= 0.3 is 6.09 Å². The van der Waals surface area contributed by atoms with Gasteiger partial charge in [0.1, 0.15) is 21.0 Å². The maximum atomic E-state index is 12.4. The maximum Gasteiger partial charge on any atom is 0.410 e. The van der Waals surface area contributed by atoms with E-state index in [1.807, 2.05) is 46.8 Å². The van der Waals surface area contributed by atoms with Crippen LogP contribution >= 0.6 is 22.7 Å². The van der Waals surface area contributed by atoms with Gasteiger partial charge in [-0.1, -0.05) is 25.2 Å². The molecule has 1 aliphatic rings. The van der Waals surface area contributed by atoms with Crippen LogP contribution in [0.3, 0.4) is 0 Å². The number of fused-ring (bicyclic) bond motifs is 2. The Balaban J connectivity index is 0.00000109. The Morgan fingerprint density at radius 1 is 1.29 bits per heavy atom. The average molecular weight is 419 g/mol. The smallest absolute Gasteiger partial charge is 0.410 e. The molecule has 28 heavy (non-hydrogen) atoms. The Morgan fingerprint density at radius 3 is 2.71 bits per heavy atom. The fourth-order valence-electron chi connectivity index (χ4n) is 3.02. The average Bonchev–Trinajstić information content (AvgIpc) is 3.20. The van der Waals surface area contributed by atoms with E-state index in [0.717, 1.165) is 37.2 Å². The highest BCUT2D eigenvalue weighted by atomic mass is 32.1. The summed E-state index contributed by atoms with van der Waals surface area (Å²) >= 11 is 3.09. The molecule has 0 saturated heterocycles. The summed E-state index contributed by atoms with van der Waals surface area (Å²) < 4.78 is 5.50. The quantitative estimate of drug-likeness (QED) is 0.578. The lowest BCUT2D eigenvalue weighted by atomic mass is 10.0. The molecule has 0 atom stereocenters. The summed E-state index contributed by atoms with van der Waals surface area (Å²) in [5, 5.41) is 1.65. The van der Waals surface area contributed by atoms with Gasteiger partial charge in [0.05, 0.1) is 11.5 Å². The van der Waals surface area contributed by atoms with Gasteiger partial charge in [-0.2, -0.15) is 0 Å². The first-order chi connectivity index (χ1) is 13.3. The van der Waals surface area contributed by atoms with E-state index in [1.165, 1.54) is 16.9 Å². The number of nitrogens with two attached hydrogens (primary N) is 1. The van der Waals surface area contributed by atoms with Crippen molar-refractivity contribution >= 4 is 44.1 Å². The van der Waals surface area contributed by atoms with Crippen molar-refractivity contribution in [3.63, 3.8) is 0 Å². The summed E-state index contributed by atoms with van der Waals surface area (Å²) in [7, 11) is 0. The van der Waals surface area contributed by atoms with Gasteiger partial charge in [0, 0.05) is 23.2 Å². The molecule has 4 heterocycles. The Kier molecular flexibility index (Phi) is 5.90. The summed E-state index contributed by atoms with van der Waals surface area (Å²) in [5.41, 5.74) is 8.93. The highest BCUT2D eigenvalue weighted by molar-refractivity contribution is 7.22. The van der Waals surface area contributed by atoms with Crippen LogP contribution in [0.2, 0.25) is 0 Å². The zero-order chi connectivity index (χ0) is 20.5. The molecule has 150 valence electrons. The molecule has 1 amide bonds. The van der Waals surface area contributed by atoms with Crippen LogP contribution in [0.15, 0.2) is 18.3 Å². The molecule has 4 rings (SSSR count). The standard InChI is InChI=1S/C18H20N4O2S2.C2H6/c1-18(2,3)24-17(23)22-8-6-10-12(9-22)25-14(19)13(10)16-21-11-5-4-7-20-15(11)26-16;1-2/h4-5,7H,6,8-9,19H2,1-3H3;1-2H3. The molecule has 8 heteroatoms. The SMILES string of the molecule is CC.CC(C)(C)OC(=O)N1CCc2c(sc(N)c2-c2nc3cccnc3s2)C1. The maximum absolute atomic E-state index is 12.4. The number of ether oxygens (including phenoxy) is 1. The molecule has 6 nitrogen and oxygen atoms in total. The molecule has 0 aliphatic carbocycles. The molecule has 0 aromatic carbocycles. The number of anilines is 1. The number of nitrogen functional groups attached to an aromatic ring is 1. The van der Waals surface area contributed by atoms with Gasteiger partial charge in [-0.25, -0.2) is 14.8 Å². The molecular formula is C20H26N4O2S2. The van der Waals surface area contributed by atoms with E-state index >= 15 is 0 Å². The predicted molar refractivity (Wildman–Crippen MR) is 117 cm³/mol. The molecule has 0 fully saturated rings. The highest BCUT2D eigenvalue weighted by Gasteiger charge is 2.30. The molecule has 0 bridgehead atoms. The van der Waals surface area contributed by atoms with Gasteiger partial charge in [0.25, 0.3) is 0 Å². The van der Waals surface area contributed by atoms with Crippen LogP contribution in [-0.2, 0) is 17.7 Å². The van der Waals surface area contributed by atoms with E-state index in [2.05, 4.69) is 4.98 Å². The van der Waals surface area contributed by atoms with Crippen molar-refractivity contribution in [1.29, 1.82) is 0 Å². The van der Waals surface area contributed by atoms with E-state index < -0.39 is 5.60 Å². The van der Waals surface area contributed by atoms with Crippen LogP contribution in [0, 0.1) is 0 Å². The number of aromatic nitrogens is 2. The number of carbonyl (C=O) groups is 1. The van der Waals surface area contributed by atoms with Gasteiger partial charge in [0.15, 0.2) is 0 Å². The monoisotopic (exact) mass is 418 g/mol. The van der Waals surface area contributed by atoms with Crippen LogP contribution in [0.1, 0.15) is 45.1 Å². The number of pyridine rings is 1. The lowest BCUT2D eigenvalue weighted by Crippen LogP contribution is -2.39. The van der Waals surface area contributed by atoms with Crippen molar-refractivity contribution in [3.05, 3.63) is 28.8 Å². The second-order valence-electron chi connectivity index (χ2n) is 7.24. The normalized spacial score (nSPS) is 13.7. The molecule has 0 radical (unpaired) electrons. The summed E-state index contributed by atoms with van der Waals surface area (Å²) in [5.74, 6) is 0. The number of nitrogens with zero attached hydrogens (tertiary/aromatic N) is 3. The number of thiophene rings is 1. The zero-order valence-electron chi connectivity index (χ0n) is 16.9. The minimum atomic E-state index is -0.495. The third kappa shape index (κ3) is 4.12. The fourth-order valence-corrected chi connectivity index (χ4v) is 5.21. The number of carbonyl (C=O) groups excluding carboxylic acids is 1. The van der Waals surface area contributed by atoms with Gasteiger partial charge < -0.3 is 15.4 Å². The second-order valence-corrected chi connectivity index (χ2v) is 9.36. The Labute approximate surface area is 173 Å². The van der Waals surface area contributed by atoms with Crippen molar-refractivity contribution in [2.75, 3.05) is 12.3 Å². The summed E-state index contributed by atoms with van der Waals surface area (Å²) in [6.07, 6.45) is 2.25. The van der Waals surface area contributed by atoms with Crippen molar-refractivity contribution in [1.82, 2.24) is 14.9 Å². The number of amides is 1.